The quantitative estimate of drug-likeness (QED) is 0.0955. The fourth-order valence-electron chi connectivity index (χ4n) is 5.02. The molecule has 0 radical (unpaired) electrons. The maximum absolute atomic E-state index is 11.0. The van der Waals surface area contributed by atoms with Gasteiger partial charge in [0.2, 0.25) is 0 Å². The van der Waals surface area contributed by atoms with Gasteiger partial charge in [-0.15, -0.1) is 0 Å². The molecule has 0 saturated heterocycles. The predicted octanol–water partition coefficient (Wildman–Crippen LogP) is 7.39. The zero-order valence-electron chi connectivity index (χ0n) is 22.6. The Labute approximate surface area is 210 Å². The first-order valence-corrected chi connectivity index (χ1v) is 14.6. The third-order valence-corrected chi connectivity index (χ3v) is 7.44. The van der Waals surface area contributed by atoms with Gasteiger partial charge in [0.1, 0.15) is 6.10 Å². The van der Waals surface area contributed by atoms with E-state index in [4.69, 9.17) is 5.11 Å². The molecule has 0 aromatic heterocycles. The molecule has 0 heterocycles. The molecule has 0 spiro atoms. The second-order valence-electron chi connectivity index (χ2n) is 10.6. The maximum Gasteiger partial charge on any atom is 0.303 e. The van der Waals surface area contributed by atoms with E-state index >= 15 is 0 Å². The first-order valence-electron chi connectivity index (χ1n) is 14.6. The highest BCUT2D eigenvalue weighted by Crippen LogP contribution is 2.30. The van der Waals surface area contributed by atoms with E-state index in [1.165, 1.54) is 96.3 Å². The molecule has 0 aliphatic heterocycles. The lowest BCUT2D eigenvalue weighted by Crippen LogP contribution is -2.46. The highest BCUT2D eigenvalue weighted by Gasteiger charge is 2.37. The second kappa shape index (κ2) is 22.8. The predicted molar refractivity (Wildman–Crippen MR) is 142 cm³/mol. The Morgan fingerprint density at radius 1 is 0.706 bits per heavy atom. The van der Waals surface area contributed by atoms with Gasteiger partial charge in [-0.2, -0.15) is 0 Å². The molecule has 0 fully saturated rings. The van der Waals surface area contributed by atoms with E-state index in [9.17, 15) is 20.1 Å². The molecule has 0 aliphatic rings. The van der Waals surface area contributed by atoms with Crippen molar-refractivity contribution >= 4 is 5.97 Å². The summed E-state index contributed by atoms with van der Waals surface area (Å²) in [5.74, 6) is -1.08. The molecule has 204 valence electrons. The van der Waals surface area contributed by atoms with Crippen LogP contribution < -0.4 is 0 Å². The number of carboxylic acid groups (broad SMARTS) is 1. The van der Waals surface area contributed by atoms with Crippen LogP contribution in [0.5, 0.6) is 0 Å². The van der Waals surface area contributed by atoms with Gasteiger partial charge >= 0.3 is 5.97 Å². The molecular formula is C29H58O5. The average molecular weight is 487 g/mol. The van der Waals surface area contributed by atoms with Gasteiger partial charge in [0.25, 0.3) is 0 Å². The van der Waals surface area contributed by atoms with Crippen LogP contribution in [0.15, 0.2) is 0 Å². The SMILES string of the molecule is CCCCCCCCCCCCCCCCCCCC[C@](O)(CC(CC)CC(=O)O)C(O)CO. The lowest BCUT2D eigenvalue weighted by atomic mass is 9.80. The fourth-order valence-corrected chi connectivity index (χ4v) is 5.02. The summed E-state index contributed by atoms with van der Waals surface area (Å²) in [6.45, 7) is 3.67. The molecule has 0 aromatic carbocycles. The number of hydrogen-bond acceptors (Lipinski definition) is 4. The Hall–Kier alpha value is -0.650. The smallest absolute Gasteiger partial charge is 0.303 e. The van der Waals surface area contributed by atoms with Crippen LogP contribution in [0.4, 0.5) is 0 Å². The number of aliphatic hydroxyl groups is 3. The molecule has 5 heteroatoms. The number of unbranched alkanes of at least 4 members (excludes halogenated alkanes) is 17. The normalized spacial score (nSPS) is 15.2. The Kier molecular flexibility index (Phi) is 22.4. The molecule has 0 rings (SSSR count). The van der Waals surface area contributed by atoms with Crippen LogP contribution in [0.2, 0.25) is 0 Å². The number of carbonyl (C=O) groups is 1. The summed E-state index contributed by atoms with van der Waals surface area (Å²) in [5, 5.41) is 39.5. The van der Waals surface area contributed by atoms with Crippen molar-refractivity contribution in [1.29, 1.82) is 0 Å². The molecule has 3 atom stereocenters. The minimum absolute atomic E-state index is 0.0178. The van der Waals surface area contributed by atoms with Gasteiger partial charge in [0.15, 0.2) is 0 Å². The molecule has 0 saturated carbocycles. The number of aliphatic carboxylic acids is 1. The summed E-state index contributed by atoms with van der Waals surface area (Å²) in [6.07, 6.45) is 23.4. The van der Waals surface area contributed by atoms with Crippen molar-refractivity contribution in [3.05, 3.63) is 0 Å². The van der Waals surface area contributed by atoms with Crippen LogP contribution in [-0.4, -0.2) is 44.7 Å². The van der Waals surface area contributed by atoms with E-state index in [0.29, 0.717) is 12.8 Å². The van der Waals surface area contributed by atoms with Crippen LogP contribution in [0, 0.1) is 5.92 Å². The molecule has 5 nitrogen and oxygen atoms in total. The molecule has 0 aromatic rings. The number of aliphatic hydroxyl groups excluding tert-OH is 2. The van der Waals surface area contributed by atoms with Crippen molar-refractivity contribution in [2.75, 3.05) is 6.61 Å². The second-order valence-corrected chi connectivity index (χ2v) is 10.6. The zero-order chi connectivity index (χ0) is 25.5. The first-order chi connectivity index (χ1) is 16.4. The molecule has 0 amide bonds. The van der Waals surface area contributed by atoms with Crippen LogP contribution in [0.1, 0.15) is 155 Å². The van der Waals surface area contributed by atoms with E-state index in [1.807, 2.05) is 6.92 Å². The highest BCUT2D eigenvalue weighted by molar-refractivity contribution is 5.67. The Balaban J connectivity index is 3.72. The summed E-state index contributed by atoms with van der Waals surface area (Å²) in [5.41, 5.74) is -1.40. The number of rotatable bonds is 26. The standard InChI is InChI=1S/C29H58O5/c1-3-5-6-7-8-9-10-11-12-13-14-15-16-17-18-19-20-21-22-29(34,27(31)25-30)24-26(4-2)23-28(32)33/h26-27,30-31,34H,3-25H2,1-2H3,(H,32,33)/t26?,27?,29-/m0/s1. The summed E-state index contributed by atoms with van der Waals surface area (Å²) < 4.78 is 0. The van der Waals surface area contributed by atoms with E-state index in [1.54, 1.807) is 0 Å². The summed E-state index contributed by atoms with van der Waals surface area (Å²) in [7, 11) is 0. The lowest BCUT2D eigenvalue weighted by molar-refractivity contribution is -0.140. The number of carboxylic acids is 1. The van der Waals surface area contributed by atoms with Gasteiger partial charge in [-0.25, -0.2) is 0 Å². The highest BCUT2D eigenvalue weighted by atomic mass is 16.4. The van der Waals surface area contributed by atoms with Crippen molar-refractivity contribution < 1.29 is 25.2 Å². The van der Waals surface area contributed by atoms with Crippen LogP contribution >= 0.6 is 0 Å². The zero-order valence-corrected chi connectivity index (χ0v) is 22.6. The number of hydrogen-bond donors (Lipinski definition) is 4. The molecule has 34 heavy (non-hydrogen) atoms. The fraction of sp³-hybridized carbons (Fsp3) is 0.966. The van der Waals surface area contributed by atoms with Crippen LogP contribution in [-0.2, 0) is 4.79 Å². The summed E-state index contributed by atoms with van der Waals surface area (Å²) in [6, 6.07) is 0. The van der Waals surface area contributed by atoms with E-state index in [2.05, 4.69) is 6.92 Å². The first kappa shape index (κ1) is 33.4. The van der Waals surface area contributed by atoms with E-state index in [-0.39, 0.29) is 18.8 Å². The largest absolute Gasteiger partial charge is 0.481 e. The van der Waals surface area contributed by atoms with Gasteiger partial charge in [-0.05, 0) is 18.8 Å². The molecule has 0 bridgehead atoms. The van der Waals surface area contributed by atoms with Crippen molar-refractivity contribution in [2.45, 2.75) is 167 Å². The van der Waals surface area contributed by atoms with Gasteiger partial charge in [-0.3, -0.25) is 4.79 Å². The average Bonchev–Trinajstić information content (AvgIpc) is 2.82. The van der Waals surface area contributed by atoms with Gasteiger partial charge in [0, 0.05) is 6.42 Å². The molecular weight excluding hydrogens is 428 g/mol. The third kappa shape index (κ3) is 18.6. The van der Waals surface area contributed by atoms with E-state index in [0.717, 1.165) is 19.3 Å². The summed E-state index contributed by atoms with van der Waals surface area (Å²) >= 11 is 0. The minimum Gasteiger partial charge on any atom is -0.481 e. The molecule has 0 aliphatic carbocycles. The van der Waals surface area contributed by atoms with Crippen LogP contribution in [0.25, 0.3) is 0 Å². The lowest BCUT2D eigenvalue weighted by Gasteiger charge is -2.35. The van der Waals surface area contributed by atoms with Crippen molar-refractivity contribution in [3.63, 3.8) is 0 Å². The molecule has 4 N–H and O–H groups in total. The Morgan fingerprint density at radius 2 is 1.09 bits per heavy atom. The van der Waals surface area contributed by atoms with Crippen LogP contribution in [0.3, 0.4) is 0 Å². The maximum atomic E-state index is 11.0. The van der Waals surface area contributed by atoms with Crippen molar-refractivity contribution in [3.8, 4) is 0 Å². The van der Waals surface area contributed by atoms with Crippen molar-refractivity contribution in [1.82, 2.24) is 0 Å². The van der Waals surface area contributed by atoms with Gasteiger partial charge in [-0.1, -0.05) is 136 Å². The molecule has 2 unspecified atom stereocenters. The Morgan fingerprint density at radius 3 is 1.41 bits per heavy atom. The third-order valence-electron chi connectivity index (χ3n) is 7.44. The van der Waals surface area contributed by atoms with Gasteiger partial charge < -0.3 is 20.4 Å². The van der Waals surface area contributed by atoms with Crippen molar-refractivity contribution in [2.24, 2.45) is 5.92 Å². The minimum atomic E-state index is -1.40. The topological polar surface area (TPSA) is 98.0 Å². The van der Waals surface area contributed by atoms with Gasteiger partial charge in [0.05, 0.1) is 12.2 Å². The monoisotopic (exact) mass is 486 g/mol. The Bertz CT molecular complexity index is 456. The van der Waals surface area contributed by atoms with E-state index < -0.39 is 24.3 Å². The summed E-state index contributed by atoms with van der Waals surface area (Å²) in [4.78, 5) is 11.0.